The van der Waals surface area contributed by atoms with E-state index < -0.39 is 16.3 Å². The Morgan fingerprint density at radius 3 is 2.72 bits per heavy atom. The number of nitro groups is 1. The maximum Gasteiger partial charge on any atom is 0.293 e. The molecule has 0 aromatic heterocycles. The quantitative estimate of drug-likeness (QED) is 0.645. The number of anilines is 1. The van der Waals surface area contributed by atoms with Crippen LogP contribution in [0.1, 0.15) is 20.3 Å². The smallest absolute Gasteiger partial charge is 0.293 e. The van der Waals surface area contributed by atoms with E-state index in [0.29, 0.717) is 6.42 Å². The van der Waals surface area contributed by atoms with Crippen molar-refractivity contribution in [1.82, 2.24) is 0 Å². The van der Waals surface area contributed by atoms with Gasteiger partial charge in [0.25, 0.3) is 5.69 Å². The fourth-order valence-corrected chi connectivity index (χ4v) is 1.57. The Bertz CT molecular complexity index is 466. The normalized spacial score (nSPS) is 14.1. The zero-order valence-electron chi connectivity index (χ0n) is 10.0. The largest absolute Gasteiger partial charge is 0.388 e. The summed E-state index contributed by atoms with van der Waals surface area (Å²) in [4.78, 5) is 10.2. The molecule has 0 aliphatic rings. The molecule has 0 radical (unpaired) electrons. The Morgan fingerprint density at radius 1 is 1.61 bits per heavy atom. The number of nitrogens with zero attached hydrogens (tertiary/aromatic N) is 1. The van der Waals surface area contributed by atoms with Crippen molar-refractivity contribution in [2.75, 3.05) is 11.9 Å². The summed E-state index contributed by atoms with van der Waals surface area (Å²) in [7, 11) is 0. The van der Waals surface area contributed by atoms with Gasteiger partial charge < -0.3 is 10.4 Å². The predicted molar refractivity (Wildman–Crippen MR) is 70.2 cm³/mol. The lowest BCUT2D eigenvalue weighted by molar-refractivity contribution is -0.384. The van der Waals surface area contributed by atoms with Crippen molar-refractivity contribution < 1.29 is 14.4 Å². The van der Waals surface area contributed by atoms with Crippen LogP contribution in [0.4, 0.5) is 15.8 Å². The molecule has 0 heterocycles. The number of halogens is 2. The molecule has 100 valence electrons. The van der Waals surface area contributed by atoms with E-state index in [-0.39, 0.29) is 22.4 Å². The number of rotatable bonds is 5. The number of hydrogen-bond acceptors (Lipinski definition) is 4. The number of nitrogens with one attached hydrogen (secondary N) is 1. The molecule has 18 heavy (non-hydrogen) atoms. The summed E-state index contributed by atoms with van der Waals surface area (Å²) in [5, 5.41) is 23.3. The van der Waals surface area contributed by atoms with Crippen LogP contribution >= 0.6 is 15.9 Å². The maximum atomic E-state index is 13.4. The Morgan fingerprint density at radius 2 is 2.22 bits per heavy atom. The average molecular weight is 321 g/mol. The van der Waals surface area contributed by atoms with Gasteiger partial charge in [-0.05, 0) is 29.3 Å². The van der Waals surface area contributed by atoms with E-state index in [1.165, 1.54) is 0 Å². The van der Waals surface area contributed by atoms with Crippen LogP contribution in [-0.4, -0.2) is 22.2 Å². The van der Waals surface area contributed by atoms with Crippen LogP contribution in [0.15, 0.2) is 16.6 Å². The Kier molecular flexibility index (Phi) is 4.64. The molecule has 5 nitrogen and oxygen atoms in total. The van der Waals surface area contributed by atoms with Crippen molar-refractivity contribution in [3.8, 4) is 0 Å². The number of hydrogen-bond donors (Lipinski definition) is 2. The summed E-state index contributed by atoms with van der Waals surface area (Å²) in [5.41, 5.74) is -1.19. The van der Waals surface area contributed by atoms with E-state index >= 15 is 0 Å². The van der Waals surface area contributed by atoms with Gasteiger partial charge in [-0.25, -0.2) is 4.39 Å². The third kappa shape index (κ3) is 3.64. The van der Waals surface area contributed by atoms with Crippen LogP contribution in [-0.2, 0) is 0 Å². The minimum absolute atomic E-state index is 0.0296. The van der Waals surface area contributed by atoms with Gasteiger partial charge in [0.05, 0.1) is 15.0 Å². The van der Waals surface area contributed by atoms with Gasteiger partial charge in [-0.3, -0.25) is 10.1 Å². The highest BCUT2D eigenvalue weighted by atomic mass is 79.9. The fourth-order valence-electron chi connectivity index (χ4n) is 1.24. The Balaban J connectivity index is 3.01. The highest BCUT2D eigenvalue weighted by Gasteiger charge is 2.21. The second-order valence-electron chi connectivity index (χ2n) is 4.24. The minimum atomic E-state index is -1.00. The van der Waals surface area contributed by atoms with Gasteiger partial charge in [0.2, 0.25) is 0 Å². The summed E-state index contributed by atoms with van der Waals surface area (Å²) >= 11 is 2.90. The van der Waals surface area contributed by atoms with Crippen LogP contribution in [0.25, 0.3) is 0 Å². The van der Waals surface area contributed by atoms with E-state index in [4.69, 9.17) is 0 Å². The van der Waals surface area contributed by atoms with Gasteiger partial charge in [0.15, 0.2) is 0 Å². The SMILES string of the molecule is CCC(C)(O)CNc1cc(F)c(Br)cc1[N+](=O)[O-]. The van der Waals surface area contributed by atoms with Crippen molar-refractivity contribution in [2.45, 2.75) is 25.9 Å². The van der Waals surface area contributed by atoms with Crippen molar-refractivity contribution in [3.63, 3.8) is 0 Å². The lowest BCUT2D eigenvalue weighted by Crippen LogP contribution is -2.32. The molecule has 0 saturated heterocycles. The molecule has 0 aliphatic heterocycles. The molecular formula is C11H14BrFN2O3. The van der Waals surface area contributed by atoms with Crippen molar-refractivity contribution in [2.24, 2.45) is 0 Å². The van der Waals surface area contributed by atoms with Crippen LogP contribution in [0, 0.1) is 15.9 Å². The first-order chi connectivity index (χ1) is 8.26. The molecule has 7 heteroatoms. The predicted octanol–water partition coefficient (Wildman–Crippen LogP) is 3.07. The molecule has 0 bridgehead atoms. The highest BCUT2D eigenvalue weighted by Crippen LogP contribution is 2.31. The Hall–Kier alpha value is -1.21. The molecule has 0 amide bonds. The van der Waals surface area contributed by atoms with Crippen LogP contribution < -0.4 is 5.32 Å². The summed E-state index contributed by atoms with van der Waals surface area (Å²) in [6, 6.07) is 2.13. The van der Waals surface area contributed by atoms with Crippen molar-refractivity contribution in [3.05, 3.63) is 32.5 Å². The fraction of sp³-hybridized carbons (Fsp3) is 0.455. The molecular weight excluding hydrogens is 307 g/mol. The number of benzene rings is 1. The summed E-state index contributed by atoms with van der Waals surface area (Å²) in [6.07, 6.45) is 0.479. The van der Waals surface area contributed by atoms with E-state index in [2.05, 4.69) is 21.2 Å². The first-order valence-electron chi connectivity index (χ1n) is 5.36. The first-order valence-corrected chi connectivity index (χ1v) is 6.16. The van der Waals surface area contributed by atoms with Crippen molar-refractivity contribution >= 4 is 27.3 Å². The molecule has 1 atom stereocenters. The number of aliphatic hydroxyl groups is 1. The molecule has 1 aromatic rings. The molecule has 2 N–H and O–H groups in total. The molecule has 0 fully saturated rings. The monoisotopic (exact) mass is 320 g/mol. The molecule has 0 aliphatic carbocycles. The maximum absolute atomic E-state index is 13.4. The summed E-state index contributed by atoms with van der Waals surface area (Å²) < 4.78 is 13.4. The van der Waals surface area contributed by atoms with E-state index in [0.717, 1.165) is 12.1 Å². The topological polar surface area (TPSA) is 75.4 Å². The third-order valence-corrected chi connectivity index (χ3v) is 3.26. The lowest BCUT2D eigenvalue weighted by atomic mass is 10.0. The van der Waals surface area contributed by atoms with Gasteiger partial charge in [-0.1, -0.05) is 6.92 Å². The average Bonchev–Trinajstić information content (AvgIpc) is 2.30. The third-order valence-electron chi connectivity index (χ3n) is 2.66. The van der Waals surface area contributed by atoms with Crippen LogP contribution in [0.2, 0.25) is 0 Å². The van der Waals surface area contributed by atoms with Gasteiger partial charge in [-0.15, -0.1) is 0 Å². The second kappa shape index (κ2) is 5.62. The standard InChI is InChI=1S/C11H14BrFN2O3/c1-3-11(2,16)6-14-9-5-8(13)7(12)4-10(9)15(17)18/h4-5,14,16H,3,6H2,1-2H3. The first kappa shape index (κ1) is 14.8. The van der Waals surface area contributed by atoms with Gasteiger partial charge in [0, 0.05) is 18.7 Å². The van der Waals surface area contributed by atoms with Crippen LogP contribution in [0.5, 0.6) is 0 Å². The number of nitro benzene ring substituents is 1. The van der Waals surface area contributed by atoms with Crippen LogP contribution in [0.3, 0.4) is 0 Å². The highest BCUT2D eigenvalue weighted by molar-refractivity contribution is 9.10. The van der Waals surface area contributed by atoms with Gasteiger partial charge in [-0.2, -0.15) is 0 Å². The van der Waals surface area contributed by atoms with Gasteiger partial charge >= 0.3 is 0 Å². The van der Waals surface area contributed by atoms with Crippen molar-refractivity contribution in [1.29, 1.82) is 0 Å². The zero-order valence-corrected chi connectivity index (χ0v) is 11.6. The van der Waals surface area contributed by atoms with Gasteiger partial charge in [0.1, 0.15) is 11.5 Å². The molecule has 0 spiro atoms. The molecule has 1 aromatic carbocycles. The summed E-state index contributed by atoms with van der Waals surface area (Å²) in [6.45, 7) is 3.49. The van der Waals surface area contributed by atoms with E-state index in [1.54, 1.807) is 13.8 Å². The second-order valence-corrected chi connectivity index (χ2v) is 5.10. The summed E-state index contributed by atoms with van der Waals surface area (Å²) in [5.74, 6) is -0.598. The molecule has 1 unspecified atom stereocenters. The van der Waals surface area contributed by atoms with E-state index in [9.17, 15) is 19.6 Å². The zero-order chi connectivity index (χ0) is 13.9. The molecule has 0 saturated carbocycles. The molecule has 1 rings (SSSR count). The minimum Gasteiger partial charge on any atom is -0.388 e. The van der Waals surface area contributed by atoms with E-state index in [1.807, 2.05) is 0 Å². The lowest BCUT2D eigenvalue weighted by Gasteiger charge is -2.22. The Labute approximate surface area is 112 Å².